The lowest BCUT2D eigenvalue weighted by Gasteiger charge is -2.06. The van der Waals surface area contributed by atoms with Crippen molar-refractivity contribution < 1.29 is 19.6 Å². The van der Waals surface area contributed by atoms with E-state index in [2.05, 4.69) is 6.58 Å². The molecule has 0 unspecified atom stereocenters. The second-order valence-corrected chi connectivity index (χ2v) is 3.17. The van der Waals surface area contributed by atoms with Crippen LogP contribution in [-0.4, -0.2) is 22.6 Å². The fraction of sp³-hybridized carbons (Fsp3) is 0.182. The molecule has 0 aliphatic heterocycles. The van der Waals surface area contributed by atoms with Crippen LogP contribution in [0.4, 0.5) is 5.69 Å². The minimum atomic E-state index is -1.16. The highest BCUT2D eigenvalue weighted by atomic mass is 16.6. The molecule has 0 fully saturated rings. The molecule has 1 aromatic carbocycles. The van der Waals surface area contributed by atoms with Gasteiger partial charge in [-0.15, -0.1) is 6.58 Å². The largest absolute Gasteiger partial charge is 0.486 e. The summed E-state index contributed by atoms with van der Waals surface area (Å²) in [6.07, 6.45) is 2.13. The van der Waals surface area contributed by atoms with Gasteiger partial charge in [-0.3, -0.25) is 10.1 Å². The first-order valence-electron chi connectivity index (χ1n) is 4.81. The fourth-order valence-corrected chi connectivity index (χ4v) is 1.17. The predicted octanol–water partition coefficient (Wildman–Crippen LogP) is 2.25. The molecule has 0 aliphatic rings. The van der Waals surface area contributed by atoms with Gasteiger partial charge in [-0.1, -0.05) is 6.08 Å². The lowest BCUT2D eigenvalue weighted by Crippen LogP contribution is -2.03. The highest BCUT2D eigenvalue weighted by molar-refractivity contribution is 5.88. The van der Waals surface area contributed by atoms with E-state index in [0.717, 1.165) is 12.1 Å². The molecule has 0 aromatic heterocycles. The van der Waals surface area contributed by atoms with Crippen molar-refractivity contribution in [2.24, 2.45) is 0 Å². The summed E-state index contributed by atoms with van der Waals surface area (Å²) in [5.74, 6) is -1.20. The third-order valence-electron chi connectivity index (χ3n) is 1.98. The average Bonchev–Trinajstić information content (AvgIpc) is 2.28. The first kappa shape index (κ1) is 12.7. The minimum Gasteiger partial charge on any atom is -0.486 e. The molecule has 0 amide bonds. The highest BCUT2D eigenvalue weighted by Gasteiger charge is 2.17. The van der Waals surface area contributed by atoms with Crippen LogP contribution in [0.3, 0.4) is 0 Å². The van der Waals surface area contributed by atoms with Crippen molar-refractivity contribution in [2.45, 2.75) is 6.42 Å². The molecule has 1 N–H and O–H groups in total. The molecule has 1 rings (SSSR count). The number of carbonyl (C=O) groups is 1. The van der Waals surface area contributed by atoms with Crippen LogP contribution in [0.15, 0.2) is 30.9 Å². The van der Waals surface area contributed by atoms with Gasteiger partial charge in [0.25, 0.3) is 0 Å². The summed E-state index contributed by atoms with van der Waals surface area (Å²) >= 11 is 0. The molecule has 0 saturated carbocycles. The van der Waals surface area contributed by atoms with E-state index in [-0.39, 0.29) is 23.6 Å². The molecule has 0 bridgehead atoms. The van der Waals surface area contributed by atoms with Crippen LogP contribution in [0.1, 0.15) is 16.8 Å². The first-order valence-corrected chi connectivity index (χ1v) is 4.81. The SMILES string of the molecule is C=CCCOc1cc(C(=O)O)ccc1[N+](=O)[O-]. The maximum Gasteiger partial charge on any atom is 0.335 e. The number of ether oxygens (including phenoxy) is 1. The Labute approximate surface area is 97.3 Å². The third kappa shape index (κ3) is 3.30. The van der Waals surface area contributed by atoms with Gasteiger partial charge in [0.05, 0.1) is 17.1 Å². The van der Waals surface area contributed by atoms with Gasteiger partial charge in [-0.25, -0.2) is 4.79 Å². The highest BCUT2D eigenvalue weighted by Crippen LogP contribution is 2.28. The summed E-state index contributed by atoms with van der Waals surface area (Å²) in [4.78, 5) is 20.8. The van der Waals surface area contributed by atoms with Gasteiger partial charge in [0.15, 0.2) is 5.75 Å². The van der Waals surface area contributed by atoms with Gasteiger partial charge in [0.1, 0.15) is 0 Å². The van der Waals surface area contributed by atoms with E-state index in [4.69, 9.17) is 9.84 Å². The van der Waals surface area contributed by atoms with E-state index in [1.54, 1.807) is 6.08 Å². The fourth-order valence-electron chi connectivity index (χ4n) is 1.17. The second kappa shape index (κ2) is 5.64. The Morgan fingerprint density at radius 2 is 2.29 bits per heavy atom. The Bertz CT molecular complexity index is 455. The van der Waals surface area contributed by atoms with Crippen molar-refractivity contribution in [2.75, 3.05) is 6.61 Å². The van der Waals surface area contributed by atoms with Crippen molar-refractivity contribution in [3.8, 4) is 5.75 Å². The van der Waals surface area contributed by atoms with E-state index < -0.39 is 10.9 Å². The van der Waals surface area contributed by atoms with Gasteiger partial charge in [-0.05, 0) is 12.5 Å². The Morgan fingerprint density at radius 3 is 2.82 bits per heavy atom. The van der Waals surface area contributed by atoms with E-state index in [0.29, 0.717) is 6.42 Å². The van der Waals surface area contributed by atoms with Crippen LogP contribution in [0, 0.1) is 10.1 Å². The summed E-state index contributed by atoms with van der Waals surface area (Å²) < 4.78 is 5.15. The van der Waals surface area contributed by atoms with E-state index in [9.17, 15) is 14.9 Å². The van der Waals surface area contributed by atoms with Crippen LogP contribution in [0.25, 0.3) is 0 Å². The van der Waals surface area contributed by atoms with Crippen LogP contribution in [0.2, 0.25) is 0 Å². The first-order chi connectivity index (χ1) is 8.06. The Hall–Kier alpha value is -2.37. The predicted molar refractivity (Wildman–Crippen MR) is 60.4 cm³/mol. The molecule has 0 radical (unpaired) electrons. The molecule has 0 atom stereocenters. The van der Waals surface area contributed by atoms with E-state index in [1.165, 1.54) is 6.07 Å². The zero-order chi connectivity index (χ0) is 12.8. The maximum atomic E-state index is 10.7. The molecule has 0 heterocycles. The van der Waals surface area contributed by atoms with E-state index in [1.807, 2.05) is 0 Å². The third-order valence-corrected chi connectivity index (χ3v) is 1.98. The monoisotopic (exact) mass is 237 g/mol. The summed E-state index contributed by atoms with van der Waals surface area (Å²) in [7, 11) is 0. The molecular weight excluding hydrogens is 226 g/mol. The molecule has 1 aromatic rings. The lowest BCUT2D eigenvalue weighted by molar-refractivity contribution is -0.385. The van der Waals surface area contributed by atoms with Gasteiger partial charge in [-0.2, -0.15) is 0 Å². The lowest BCUT2D eigenvalue weighted by atomic mass is 10.2. The molecule has 0 aliphatic carbocycles. The summed E-state index contributed by atoms with van der Waals surface area (Å²) in [6, 6.07) is 3.43. The van der Waals surface area contributed by atoms with Crippen molar-refractivity contribution in [3.05, 3.63) is 46.5 Å². The Kier molecular flexibility index (Phi) is 4.21. The topological polar surface area (TPSA) is 89.7 Å². The quantitative estimate of drug-likeness (QED) is 0.354. The van der Waals surface area contributed by atoms with Crippen LogP contribution < -0.4 is 4.74 Å². The molecule has 90 valence electrons. The minimum absolute atomic E-state index is 0.0447. The zero-order valence-electron chi connectivity index (χ0n) is 8.96. The molecule has 17 heavy (non-hydrogen) atoms. The van der Waals surface area contributed by atoms with Crippen LogP contribution in [-0.2, 0) is 0 Å². The van der Waals surface area contributed by atoms with Crippen LogP contribution in [0.5, 0.6) is 5.75 Å². The number of rotatable bonds is 6. The number of aromatic carboxylic acids is 1. The molecular formula is C11H11NO5. The summed E-state index contributed by atoms with van der Waals surface area (Å²) in [6.45, 7) is 3.70. The number of carboxylic acids is 1. The van der Waals surface area contributed by atoms with Crippen molar-refractivity contribution in [1.82, 2.24) is 0 Å². The molecule has 0 saturated heterocycles. The van der Waals surface area contributed by atoms with Crippen LogP contribution >= 0.6 is 0 Å². The van der Waals surface area contributed by atoms with Gasteiger partial charge < -0.3 is 9.84 Å². The molecule has 0 spiro atoms. The van der Waals surface area contributed by atoms with Crippen molar-refractivity contribution in [3.63, 3.8) is 0 Å². The number of hydrogen-bond donors (Lipinski definition) is 1. The number of benzene rings is 1. The average molecular weight is 237 g/mol. The number of nitrogens with zero attached hydrogens (tertiary/aromatic N) is 1. The second-order valence-electron chi connectivity index (χ2n) is 3.17. The summed E-state index contributed by atoms with van der Waals surface area (Å²) in [5.41, 5.74) is -0.303. The smallest absolute Gasteiger partial charge is 0.335 e. The Morgan fingerprint density at radius 1 is 1.59 bits per heavy atom. The van der Waals surface area contributed by atoms with Gasteiger partial charge >= 0.3 is 11.7 Å². The number of nitro groups is 1. The maximum absolute atomic E-state index is 10.7. The molecule has 6 heteroatoms. The number of hydrogen-bond acceptors (Lipinski definition) is 4. The van der Waals surface area contributed by atoms with Gasteiger partial charge in [0, 0.05) is 12.1 Å². The van der Waals surface area contributed by atoms with Crippen molar-refractivity contribution in [1.29, 1.82) is 0 Å². The van der Waals surface area contributed by atoms with Gasteiger partial charge in [0.2, 0.25) is 0 Å². The summed E-state index contributed by atoms with van der Waals surface area (Å²) in [5, 5.41) is 19.5. The number of carboxylic acid groups (broad SMARTS) is 1. The zero-order valence-corrected chi connectivity index (χ0v) is 8.96. The van der Waals surface area contributed by atoms with E-state index >= 15 is 0 Å². The molecule has 6 nitrogen and oxygen atoms in total. The number of nitro benzene ring substituents is 1. The normalized spacial score (nSPS) is 9.65. The van der Waals surface area contributed by atoms with Crippen molar-refractivity contribution >= 4 is 11.7 Å². The Balaban J connectivity index is 3.02. The standard InChI is InChI=1S/C11H11NO5/c1-2-3-6-17-10-7-8(11(13)14)4-5-9(10)12(15)16/h2,4-5,7H,1,3,6H2,(H,13,14).